The topological polar surface area (TPSA) is 78.5 Å². The molecule has 0 atom stereocenters. The van der Waals surface area contributed by atoms with Crippen LogP contribution in [0, 0.1) is 0 Å². The van der Waals surface area contributed by atoms with Crippen LogP contribution in [0.3, 0.4) is 0 Å². The van der Waals surface area contributed by atoms with Crippen molar-refractivity contribution in [1.29, 1.82) is 0 Å². The van der Waals surface area contributed by atoms with Crippen LogP contribution in [0.25, 0.3) is 0 Å². The van der Waals surface area contributed by atoms with Gasteiger partial charge >= 0.3 is 0 Å². The molecule has 0 saturated heterocycles. The van der Waals surface area contributed by atoms with E-state index in [0.29, 0.717) is 18.7 Å². The summed E-state index contributed by atoms with van der Waals surface area (Å²) in [5, 5.41) is 6.19. The van der Waals surface area contributed by atoms with E-state index in [9.17, 15) is 13.2 Å². The van der Waals surface area contributed by atoms with Crippen LogP contribution in [0.5, 0.6) is 0 Å². The molecule has 0 fully saturated rings. The van der Waals surface area contributed by atoms with Crippen molar-refractivity contribution in [3.8, 4) is 0 Å². The van der Waals surface area contributed by atoms with Crippen molar-refractivity contribution >= 4 is 21.6 Å². The zero-order valence-electron chi connectivity index (χ0n) is 14.2. The standard InChI is InChI=1S/C18H21N3O3S/c1-21(2)25(23,24)14-8-6-13(7-9-14)12-20-17-5-3-4-16-15(17)10-11-19-18(16)22/h3-9,20H,10-12H2,1-2H3,(H,19,22). The van der Waals surface area contributed by atoms with Gasteiger partial charge in [-0.25, -0.2) is 12.7 Å². The van der Waals surface area contributed by atoms with Crippen molar-refractivity contribution in [2.45, 2.75) is 17.9 Å². The van der Waals surface area contributed by atoms with Gasteiger partial charge in [0.05, 0.1) is 4.90 Å². The first-order chi connectivity index (χ1) is 11.9. The minimum atomic E-state index is -3.41. The Morgan fingerprint density at radius 1 is 1.12 bits per heavy atom. The summed E-state index contributed by atoms with van der Waals surface area (Å²) in [6, 6.07) is 12.5. The van der Waals surface area contributed by atoms with Gasteiger partial charge in [0.25, 0.3) is 5.91 Å². The van der Waals surface area contributed by atoms with Gasteiger partial charge in [0.15, 0.2) is 0 Å². The highest BCUT2D eigenvalue weighted by Crippen LogP contribution is 2.24. The highest BCUT2D eigenvalue weighted by molar-refractivity contribution is 7.89. The minimum Gasteiger partial charge on any atom is -0.381 e. The molecule has 2 aromatic rings. The molecule has 2 N–H and O–H groups in total. The number of rotatable bonds is 5. The first-order valence-electron chi connectivity index (χ1n) is 8.05. The average molecular weight is 359 g/mol. The number of nitrogens with one attached hydrogen (secondary N) is 2. The highest BCUT2D eigenvalue weighted by Gasteiger charge is 2.19. The highest BCUT2D eigenvalue weighted by atomic mass is 32.2. The molecular formula is C18H21N3O3S. The molecule has 1 aliphatic heterocycles. The van der Waals surface area contributed by atoms with Crippen LogP contribution in [0.4, 0.5) is 5.69 Å². The minimum absolute atomic E-state index is 0.0388. The number of carbonyl (C=O) groups excluding carboxylic acids is 1. The van der Waals surface area contributed by atoms with E-state index < -0.39 is 10.0 Å². The molecule has 6 nitrogen and oxygen atoms in total. The smallest absolute Gasteiger partial charge is 0.251 e. The second-order valence-corrected chi connectivity index (χ2v) is 8.27. The summed E-state index contributed by atoms with van der Waals surface area (Å²) in [6.07, 6.45) is 0.796. The Morgan fingerprint density at radius 2 is 1.84 bits per heavy atom. The van der Waals surface area contributed by atoms with E-state index >= 15 is 0 Å². The van der Waals surface area contributed by atoms with E-state index in [1.165, 1.54) is 18.4 Å². The third-order valence-electron chi connectivity index (χ3n) is 4.27. The van der Waals surface area contributed by atoms with Crippen molar-refractivity contribution in [1.82, 2.24) is 9.62 Å². The number of hydrogen-bond acceptors (Lipinski definition) is 4. The molecule has 0 radical (unpaired) electrons. The maximum Gasteiger partial charge on any atom is 0.251 e. The van der Waals surface area contributed by atoms with E-state index in [2.05, 4.69) is 10.6 Å². The molecule has 1 aliphatic rings. The number of fused-ring (bicyclic) bond motifs is 1. The molecule has 1 heterocycles. The van der Waals surface area contributed by atoms with E-state index in [1.807, 2.05) is 18.2 Å². The van der Waals surface area contributed by atoms with Crippen LogP contribution in [0.2, 0.25) is 0 Å². The molecule has 0 saturated carbocycles. The number of benzene rings is 2. The predicted molar refractivity (Wildman–Crippen MR) is 97.1 cm³/mol. The van der Waals surface area contributed by atoms with Gasteiger partial charge in [-0.3, -0.25) is 4.79 Å². The number of carbonyl (C=O) groups is 1. The summed E-state index contributed by atoms with van der Waals surface area (Å²) in [4.78, 5) is 12.2. The van der Waals surface area contributed by atoms with Gasteiger partial charge in [0.1, 0.15) is 0 Å². The van der Waals surface area contributed by atoms with Crippen LogP contribution in [-0.2, 0) is 23.0 Å². The maximum atomic E-state index is 12.1. The SMILES string of the molecule is CN(C)S(=O)(=O)c1ccc(CNc2cccc3c2CCNC3=O)cc1. The molecular weight excluding hydrogens is 338 g/mol. The molecule has 1 amide bonds. The first-order valence-corrected chi connectivity index (χ1v) is 9.49. The second-order valence-electron chi connectivity index (χ2n) is 6.12. The molecule has 25 heavy (non-hydrogen) atoms. The van der Waals surface area contributed by atoms with E-state index in [-0.39, 0.29) is 10.8 Å². The Morgan fingerprint density at radius 3 is 2.52 bits per heavy atom. The average Bonchev–Trinajstić information content (AvgIpc) is 2.60. The Bertz CT molecular complexity index is 890. The van der Waals surface area contributed by atoms with Crippen molar-refractivity contribution < 1.29 is 13.2 Å². The molecule has 0 aromatic heterocycles. The molecule has 0 bridgehead atoms. The fraction of sp³-hybridized carbons (Fsp3) is 0.278. The van der Waals surface area contributed by atoms with Gasteiger partial charge in [0.2, 0.25) is 10.0 Å². The lowest BCUT2D eigenvalue weighted by molar-refractivity contribution is 0.0946. The molecule has 132 valence electrons. The molecule has 0 unspecified atom stereocenters. The Balaban J connectivity index is 1.75. The van der Waals surface area contributed by atoms with E-state index in [0.717, 1.165) is 23.2 Å². The van der Waals surface area contributed by atoms with Crippen molar-refractivity contribution in [2.24, 2.45) is 0 Å². The molecule has 0 aliphatic carbocycles. The van der Waals surface area contributed by atoms with Gasteiger partial charge < -0.3 is 10.6 Å². The third-order valence-corrected chi connectivity index (χ3v) is 6.10. The van der Waals surface area contributed by atoms with Crippen LogP contribution in [0.1, 0.15) is 21.5 Å². The first kappa shape index (κ1) is 17.4. The van der Waals surface area contributed by atoms with Gasteiger partial charge in [-0.05, 0) is 41.8 Å². The normalized spacial score (nSPS) is 14.1. The molecule has 3 rings (SSSR count). The Kier molecular flexibility index (Phi) is 4.78. The number of anilines is 1. The molecule has 0 spiro atoms. The monoisotopic (exact) mass is 359 g/mol. The third kappa shape index (κ3) is 3.52. The lowest BCUT2D eigenvalue weighted by Crippen LogP contribution is -2.32. The number of sulfonamides is 1. The Labute approximate surface area is 147 Å². The van der Waals surface area contributed by atoms with Crippen LogP contribution < -0.4 is 10.6 Å². The fourth-order valence-electron chi connectivity index (χ4n) is 2.82. The van der Waals surface area contributed by atoms with Crippen LogP contribution in [0.15, 0.2) is 47.4 Å². The fourth-order valence-corrected chi connectivity index (χ4v) is 3.72. The lowest BCUT2D eigenvalue weighted by Gasteiger charge is -2.20. The van der Waals surface area contributed by atoms with Crippen molar-refractivity contribution in [3.63, 3.8) is 0 Å². The second kappa shape index (κ2) is 6.85. The lowest BCUT2D eigenvalue weighted by atomic mass is 9.98. The van der Waals surface area contributed by atoms with E-state index in [1.54, 1.807) is 24.3 Å². The van der Waals surface area contributed by atoms with Gasteiger partial charge in [0, 0.05) is 38.4 Å². The summed E-state index contributed by atoms with van der Waals surface area (Å²) in [5.74, 6) is -0.0388. The zero-order valence-corrected chi connectivity index (χ0v) is 15.1. The predicted octanol–water partition coefficient (Wildman–Crippen LogP) is 1.83. The van der Waals surface area contributed by atoms with Crippen molar-refractivity contribution in [3.05, 3.63) is 59.2 Å². The summed E-state index contributed by atoms with van der Waals surface area (Å²) < 4.78 is 25.4. The van der Waals surface area contributed by atoms with Crippen LogP contribution >= 0.6 is 0 Å². The van der Waals surface area contributed by atoms with Gasteiger partial charge in [-0.1, -0.05) is 18.2 Å². The van der Waals surface area contributed by atoms with E-state index in [4.69, 9.17) is 0 Å². The maximum absolute atomic E-state index is 12.1. The quantitative estimate of drug-likeness (QED) is 0.854. The van der Waals surface area contributed by atoms with Crippen LogP contribution in [-0.4, -0.2) is 39.3 Å². The van der Waals surface area contributed by atoms with Crippen molar-refractivity contribution in [2.75, 3.05) is 26.0 Å². The largest absolute Gasteiger partial charge is 0.381 e. The summed E-state index contributed by atoms with van der Waals surface area (Å²) in [7, 11) is -0.384. The van der Waals surface area contributed by atoms with Gasteiger partial charge in [-0.2, -0.15) is 0 Å². The number of hydrogen-bond donors (Lipinski definition) is 2. The zero-order chi connectivity index (χ0) is 18.0. The molecule has 7 heteroatoms. The summed E-state index contributed by atoms with van der Waals surface area (Å²) in [6.45, 7) is 1.20. The molecule has 2 aromatic carbocycles. The van der Waals surface area contributed by atoms with Gasteiger partial charge in [-0.15, -0.1) is 0 Å². The number of nitrogens with zero attached hydrogens (tertiary/aromatic N) is 1. The Hall–Kier alpha value is -2.38. The summed E-state index contributed by atoms with van der Waals surface area (Å²) in [5.41, 5.74) is 3.65. The number of amides is 1. The summed E-state index contributed by atoms with van der Waals surface area (Å²) >= 11 is 0.